The number of aliphatic hydroxyl groups is 2. The summed E-state index contributed by atoms with van der Waals surface area (Å²) < 4.78 is 4.50. The molecule has 0 spiro atoms. The second-order valence-electron chi connectivity index (χ2n) is 2.26. The zero-order valence-corrected chi connectivity index (χ0v) is 11.5. The molecule has 2 N–H and O–H groups in total. The Bertz CT molecular complexity index is 183. The van der Waals surface area contributed by atoms with Gasteiger partial charge in [-0.05, 0) is 0 Å². The fourth-order valence-corrected chi connectivity index (χ4v) is 16.7. The zero-order chi connectivity index (χ0) is 9.84. The Labute approximate surface area is 87.9 Å². The van der Waals surface area contributed by atoms with Gasteiger partial charge in [-0.15, -0.1) is 0 Å². The minimum atomic E-state index is -2.62. The molecule has 1 aliphatic heterocycles. The molecule has 0 amide bonds. The van der Waals surface area contributed by atoms with Gasteiger partial charge >= 0.3 is 88.3 Å². The van der Waals surface area contributed by atoms with Crippen molar-refractivity contribution in [3.63, 3.8) is 0 Å². The van der Waals surface area contributed by atoms with Crippen molar-refractivity contribution in [1.29, 1.82) is 0 Å². The third-order valence-corrected chi connectivity index (χ3v) is 18.8. The predicted octanol–water partition coefficient (Wildman–Crippen LogP) is -0.619. The molecule has 1 heterocycles. The van der Waals surface area contributed by atoms with Gasteiger partial charge in [-0.25, -0.2) is 0 Å². The molecule has 1 saturated heterocycles. The van der Waals surface area contributed by atoms with Crippen LogP contribution in [-0.4, -0.2) is 58.3 Å². The van der Waals surface area contributed by atoms with Crippen LogP contribution < -0.4 is 0 Å². The van der Waals surface area contributed by atoms with Crippen LogP contribution in [0.5, 0.6) is 0 Å². The maximum absolute atomic E-state index is 10.0. The summed E-state index contributed by atoms with van der Waals surface area (Å²) in [5, 5.41) is 27.7. The summed E-state index contributed by atoms with van der Waals surface area (Å²) in [7, 11) is 2.63. The van der Waals surface area contributed by atoms with Crippen molar-refractivity contribution < 1.29 is 18.2 Å². The van der Waals surface area contributed by atoms with E-state index in [4.69, 9.17) is 0 Å². The first-order valence-corrected chi connectivity index (χ1v) is 15.2. The van der Waals surface area contributed by atoms with Crippen LogP contribution in [0, 0.1) is 10.1 Å². The quantitative estimate of drug-likeness (QED) is 0.348. The Balaban J connectivity index is 2.39. The van der Waals surface area contributed by atoms with Crippen LogP contribution in [0.25, 0.3) is 0 Å². The second kappa shape index (κ2) is 5.55. The van der Waals surface area contributed by atoms with E-state index in [-0.39, 0.29) is 0 Å². The maximum atomic E-state index is 10.0. The molecule has 0 unspecified atom stereocenters. The molecule has 76 valence electrons. The molecule has 1 fully saturated rings. The van der Waals surface area contributed by atoms with Gasteiger partial charge in [0.1, 0.15) is 0 Å². The Morgan fingerprint density at radius 3 is 2.23 bits per heavy atom. The van der Waals surface area contributed by atoms with Crippen LogP contribution in [0.3, 0.4) is 0 Å². The van der Waals surface area contributed by atoms with Crippen LogP contribution in [0.15, 0.2) is 0 Å². The Morgan fingerprint density at radius 2 is 1.85 bits per heavy atom. The predicted molar refractivity (Wildman–Crippen MR) is 50.8 cm³/mol. The molecular formula is C4H8BiNO5S2. The van der Waals surface area contributed by atoms with Crippen LogP contribution in [-0.2, 0) is 2.91 Å². The molecule has 9 heteroatoms. The van der Waals surface area contributed by atoms with E-state index in [1.807, 2.05) is 0 Å². The fraction of sp³-hybridized carbons (Fsp3) is 1.00. The van der Waals surface area contributed by atoms with Gasteiger partial charge < -0.3 is 0 Å². The number of hydrogen-bond donors (Lipinski definition) is 2. The molecule has 6 nitrogen and oxygen atoms in total. The van der Waals surface area contributed by atoms with Crippen molar-refractivity contribution in [3.05, 3.63) is 10.1 Å². The van der Waals surface area contributed by atoms with Crippen molar-refractivity contribution in [2.75, 3.05) is 11.5 Å². The topological polar surface area (TPSA) is 92.8 Å². The molecule has 1 rings (SSSR count). The molecule has 0 aromatic rings. The molecule has 1 aliphatic rings. The first-order chi connectivity index (χ1) is 6.09. The van der Waals surface area contributed by atoms with Gasteiger partial charge in [0.2, 0.25) is 0 Å². The summed E-state index contributed by atoms with van der Waals surface area (Å²) in [5.41, 5.74) is 0. The Hall–Kier alpha value is 0.703. The average molecular weight is 423 g/mol. The summed E-state index contributed by atoms with van der Waals surface area (Å²) >= 11 is -2.62. The second-order valence-corrected chi connectivity index (χ2v) is 19.7. The van der Waals surface area contributed by atoms with Crippen molar-refractivity contribution in [3.8, 4) is 0 Å². The van der Waals surface area contributed by atoms with E-state index in [0.29, 0.717) is 11.5 Å². The first-order valence-electron chi connectivity index (χ1n) is 3.34. The zero-order valence-electron chi connectivity index (χ0n) is 6.40. The van der Waals surface area contributed by atoms with Crippen molar-refractivity contribution in [2.24, 2.45) is 0 Å². The monoisotopic (exact) mass is 423 g/mol. The molecular weight excluding hydrogens is 415 g/mol. The molecule has 0 saturated carbocycles. The molecule has 0 aliphatic carbocycles. The summed E-state index contributed by atoms with van der Waals surface area (Å²) in [6.07, 6.45) is -1.57. The van der Waals surface area contributed by atoms with Crippen LogP contribution in [0.1, 0.15) is 0 Å². The van der Waals surface area contributed by atoms with E-state index in [0.717, 1.165) is 0 Å². The SMILES string of the molecule is O=[N+]([O-])[O][Bi]1[S]C[C@@H](O)[C@H](O)C[S]1. The van der Waals surface area contributed by atoms with Gasteiger partial charge in [0.25, 0.3) is 0 Å². The summed E-state index contributed by atoms with van der Waals surface area (Å²) in [6, 6.07) is 0. The van der Waals surface area contributed by atoms with Crippen LogP contribution in [0.2, 0.25) is 0 Å². The Morgan fingerprint density at radius 1 is 1.38 bits per heavy atom. The van der Waals surface area contributed by atoms with E-state index in [9.17, 15) is 20.3 Å². The minimum absolute atomic E-state index is 0.333. The first kappa shape index (κ1) is 11.8. The van der Waals surface area contributed by atoms with E-state index in [1.54, 1.807) is 0 Å². The normalized spacial score (nSPS) is 30.9. The molecule has 2 atom stereocenters. The fourth-order valence-electron chi connectivity index (χ4n) is 0.635. The summed E-state index contributed by atoms with van der Waals surface area (Å²) in [5.74, 6) is 0.667. The van der Waals surface area contributed by atoms with Gasteiger partial charge in [-0.2, -0.15) is 0 Å². The molecule has 0 aromatic carbocycles. The third kappa shape index (κ3) is 4.16. The van der Waals surface area contributed by atoms with E-state index >= 15 is 0 Å². The Kier molecular flexibility index (Phi) is 5.03. The van der Waals surface area contributed by atoms with Crippen LogP contribution in [0.4, 0.5) is 0 Å². The number of nitrogens with zero attached hydrogens (tertiary/aromatic N) is 1. The average Bonchev–Trinajstić information content (AvgIpc) is 2.19. The standard InChI is InChI=1S/C4H10O2S2.Bi.NO3/c5-3(1-7)4(6)2-8;;2-1(3)4/h3-8H,1-2H2;;/q;+3;-1/p-2/t3-,4-;;/m1../s1. The third-order valence-electron chi connectivity index (χ3n) is 1.28. The van der Waals surface area contributed by atoms with Gasteiger partial charge in [0, 0.05) is 0 Å². The number of hydrogen-bond acceptors (Lipinski definition) is 7. The van der Waals surface area contributed by atoms with Crippen molar-refractivity contribution >= 4 is 36.3 Å². The van der Waals surface area contributed by atoms with E-state index in [2.05, 4.69) is 2.91 Å². The number of aliphatic hydroxyl groups excluding tert-OH is 2. The summed E-state index contributed by atoms with van der Waals surface area (Å²) in [6.45, 7) is 0. The van der Waals surface area contributed by atoms with Gasteiger partial charge in [0.15, 0.2) is 0 Å². The number of rotatable bonds is 2. The van der Waals surface area contributed by atoms with Gasteiger partial charge in [0.05, 0.1) is 0 Å². The van der Waals surface area contributed by atoms with Gasteiger partial charge in [-0.3, -0.25) is 0 Å². The van der Waals surface area contributed by atoms with Crippen molar-refractivity contribution in [1.82, 2.24) is 0 Å². The van der Waals surface area contributed by atoms with E-state index < -0.39 is 36.6 Å². The van der Waals surface area contributed by atoms with Crippen molar-refractivity contribution in [2.45, 2.75) is 12.2 Å². The van der Waals surface area contributed by atoms with Crippen LogP contribution >= 0.6 is 17.0 Å². The molecule has 0 aromatic heterocycles. The van der Waals surface area contributed by atoms with E-state index in [1.165, 1.54) is 17.0 Å². The molecule has 0 bridgehead atoms. The van der Waals surface area contributed by atoms with Gasteiger partial charge in [-0.1, -0.05) is 0 Å². The summed E-state index contributed by atoms with van der Waals surface area (Å²) in [4.78, 5) is 10.0. The molecule has 0 radical (unpaired) electrons. The molecule has 13 heavy (non-hydrogen) atoms.